The van der Waals surface area contributed by atoms with Crippen LogP contribution in [0.1, 0.15) is 30.7 Å². The van der Waals surface area contributed by atoms with Gasteiger partial charge in [0.2, 0.25) is 0 Å². The SMILES string of the molecule is CCCn1nc(CNC[C@H](O)c2ccccc2)c(-c2ccccc2)n1. The lowest BCUT2D eigenvalue weighted by molar-refractivity contribution is 0.174. The molecule has 1 aromatic heterocycles. The molecular formula is C20H24N4O. The summed E-state index contributed by atoms with van der Waals surface area (Å²) in [5.74, 6) is 0. The average molecular weight is 336 g/mol. The summed E-state index contributed by atoms with van der Waals surface area (Å²) in [7, 11) is 0. The molecule has 2 aromatic carbocycles. The van der Waals surface area contributed by atoms with Crippen LogP contribution in [0.5, 0.6) is 0 Å². The van der Waals surface area contributed by atoms with Crippen LogP contribution in [0.25, 0.3) is 11.3 Å². The molecule has 0 unspecified atom stereocenters. The first kappa shape index (κ1) is 17.3. The number of aliphatic hydroxyl groups is 1. The van der Waals surface area contributed by atoms with Gasteiger partial charge >= 0.3 is 0 Å². The highest BCUT2D eigenvalue weighted by atomic mass is 16.3. The third kappa shape index (κ3) is 4.53. The van der Waals surface area contributed by atoms with Crippen molar-refractivity contribution in [2.24, 2.45) is 0 Å². The van der Waals surface area contributed by atoms with E-state index in [9.17, 15) is 5.11 Å². The van der Waals surface area contributed by atoms with Gasteiger partial charge in [-0.05, 0) is 12.0 Å². The number of aromatic nitrogens is 3. The van der Waals surface area contributed by atoms with E-state index in [1.54, 1.807) is 4.80 Å². The molecule has 25 heavy (non-hydrogen) atoms. The molecule has 0 fully saturated rings. The number of aryl methyl sites for hydroxylation is 1. The van der Waals surface area contributed by atoms with Crippen LogP contribution in [-0.4, -0.2) is 26.6 Å². The molecule has 2 N–H and O–H groups in total. The lowest BCUT2D eigenvalue weighted by Gasteiger charge is -2.11. The quantitative estimate of drug-likeness (QED) is 0.663. The molecule has 0 aliphatic heterocycles. The van der Waals surface area contributed by atoms with Crippen molar-refractivity contribution in [1.29, 1.82) is 0 Å². The van der Waals surface area contributed by atoms with Crippen molar-refractivity contribution in [3.8, 4) is 11.3 Å². The number of nitrogens with one attached hydrogen (secondary N) is 1. The average Bonchev–Trinajstić information content (AvgIpc) is 3.06. The number of hydrogen-bond donors (Lipinski definition) is 2. The second-order valence-electron chi connectivity index (χ2n) is 6.01. The zero-order valence-electron chi connectivity index (χ0n) is 14.5. The van der Waals surface area contributed by atoms with Crippen LogP contribution in [0.4, 0.5) is 0 Å². The van der Waals surface area contributed by atoms with Crippen LogP contribution in [0.2, 0.25) is 0 Å². The van der Waals surface area contributed by atoms with Gasteiger partial charge < -0.3 is 10.4 Å². The van der Waals surface area contributed by atoms with E-state index in [1.807, 2.05) is 60.7 Å². The lowest BCUT2D eigenvalue weighted by atomic mass is 10.1. The van der Waals surface area contributed by atoms with Crippen LogP contribution < -0.4 is 5.32 Å². The fourth-order valence-electron chi connectivity index (χ4n) is 2.74. The van der Waals surface area contributed by atoms with Crippen LogP contribution in [0, 0.1) is 0 Å². The highest BCUT2D eigenvalue weighted by Gasteiger charge is 2.13. The molecular weight excluding hydrogens is 312 g/mol. The molecule has 0 spiro atoms. The molecule has 130 valence electrons. The molecule has 0 radical (unpaired) electrons. The molecule has 0 aliphatic carbocycles. The Hall–Kier alpha value is -2.50. The van der Waals surface area contributed by atoms with E-state index in [-0.39, 0.29) is 0 Å². The van der Waals surface area contributed by atoms with Gasteiger partial charge in [0.15, 0.2) is 0 Å². The Morgan fingerprint density at radius 2 is 1.68 bits per heavy atom. The zero-order valence-corrected chi connectivity index (χ0v) is 14.5. The molecule has 3 aromatic rings. The van der Waals surface area contributed by atoms with E-state index in [4.69, 9.17) is 0 Å². The van der Waals surface area contributed by atoms with Crippen LogP contribution >= 0.6 is 0 Å². The van der Waals surface area contributed by atoms with Crippen LogP contribution in [-0.2, 0) is 13.1 Å². The Balaban J connectivity index is 1.69. The maximum absolute atomic E-state index is 10.3. The Kier molecular flexibility index (Phi) is 5.93. The van der Waals surface area contributed by atoms with Crippen molar-refractivity contribution in [1.82, 2.24) is 20.3 Å². The summed E-state index contributed by atoms with van der Waals surface area (Å²) in [6, 6.07) is 19.8. The van der Waals surface area contributed by atoms with Crippen molar-refractivity contribution in [3.05, 3.63) is 71.9 Å². The molecule has 3 rings (SSSR count). The summed E-state index contributed by atoms with van der Waals surface area (Å²) >= 11 is 0. The summed E-state index contributed by atoms with van der Waals surface area (Å²) in [5, 5.41) is 22.8. The summed E-state index contributed by atoms with van der Waals surface area (Å²) in [5.41, 5.74) is 3.77. The van der Waals surface area contributed by atoms with Crippen molar-refractivity contribution >= 4 is 0 Å². The van der Waals surface area contributed by atoms with E-state index < -0.39 is 6.10 Å². The van der Waals surface area contributed by atoms with E-state index in [1.165, 1.54) is 0 Å². The fraction of sp³-hybridized carbons (Fsp3) is 0.300. The van der Waals surface area contributed by atoms with E-state index in [0.29, 0.717) is 13.1 Å². The molecule has 0 saturated carbocycles. The summed E-state index contributed by atoms with van der Waals surface area (Å²) in [4.78, 5) is 1.76. The number of aliphatic hydroxyl groups excluding tert-OH is 1. The third-order valence-electron chi connectivity index (χ3n) is 4.01. The van der Waals surface area contributed by atoms with Crippen molar-refractivity contribution in [2.45, 2.75) is 32.5 Å². The molecule has 1 atom stereocenters. The van der Waals surface area contributed by atoms with Gasteiger partial charge in [0.25, 0.3) is 0 Å². The van der Waals surface area contributed by atoms with Crippen LogP contribution in [0.3, 0.4) is 0 Å². The lowest BCUT2D eigenvalue weighted by Crippen LogP contribution is -2.21. The minimum Gasteiger partial charge on any atom is -0.387 e. The maximum atomic E-state index is 10.3. The predicted molar refractivity (Wildman–Crippen MR) is 98.9 cm³/mol. The second-order valence-corrected chi connectivity index (χ2v) is 6.01. The van der Waals surface area contributed by atoms with Crippen LogP contribution in [0.15, 0.2) is 60.7 Å². The minimum atomic E-state index is -0.535. The number of rotatable bonds is 8. The van der Waals surface area contributed by atoms with E-state index >= 15 is 0 Å². The molecule has 0 saturated heterocycles. The van der Waals surface area contributed by atoms with Gasteiger partial charge in [-0.25, -0.2) is 0 Å². The Morgan fingerprint density at radius 3 is 2.36 bits per heavy atom. The first-order chi connectivity index (χ1) is 12.3. The zero-order chi connectivity index (χ0) is 17.5. The smallest absolute Gasteiger partial charge is 0.117 e. The van der Waals surface area contributed by atoms with Crippen molar-refractivity contribution in [2.75, 3.05) is 6.54 Å². The highest BCUT2D eigenvalue weighted by molar-refractivity contribution is 5.60. The predicted octanol–water partition coefficient (Wildman–Crippen LogP) is 3.18. The Labute approximate surface area is 148 Å². The van der Waals surface area contributed by atoms with Crippen molar-refractivity contribution < 1.29 is 5.11 Å². The molecule has 0 amide bonds. The Morgan fingerprint density at radius 1 is 1.00 bits per heavy atom. The van der Waals surface area contributed by atoms with Crippen molar-refractivity contribution in [3.63, 3.8) is 0 Å². The van der Waals surface area contributed by atoms with Gasteiger partial charge in [-0.3, -0.25) is 0 Å². The number of nitrogens with zero attached hydrogens (tertiary/aromatic N) is 3. The first-order valence-electron chi connectivity index (χ1n) is 8.71. The second kappa shape index (κ2) is 8.55. The fourth-order valence-corrected chi connectivity index (χ4v) is 2.74. The van der Waals surface area contributed by atoms with Gasteiger partial charge in [-0.1, -0.05) is 67.6 Å². The highest BCUT2D eigenvalue weighted by Crippen LogP contribution is 2.20. The molecule has 0 aliphatic rings. The van der Waals surface area contributed by atoms with E-state index in [2.05, 4.69) is 22.4 Å². The number of hydrogen-bond acceptors (Lipinski definition) is 4. The molecule has 5 heteroatoms. The Bertz CT molecular complexity index is 771. The largest absolute Gasteiger partial charge is 0.387 e. The van der Waals surface area contributed by atoms with E-state index in [0.717, 1.165) is 35.5 Å². The molecule has 0 bridgehead atoms. The molecule has 1 heterocycles. The van der Waals surface area contributed by atoms with Gasteiger partial charge in [-0.15, -0.1) is 0 Å². The summed E-state index contributed by atoms with van der Waals surface area (Å²) in [6.45, 7) is 3.95. The van der Waals surface area contributed by atoms with Gasteiger partial charge in [-0.2, -0.15) is 15.0 Å². The normalized spacial score (nSPS) is 12.2. The molecule has 5 nitrogen and oxygen atoms in total. The third-order valence-corrected chi connectivity index (χ3v) is 4.01. The van der Waals surface area contributed by atoms with Gasteiger partial charge in [0.05, 0.1) is 12.6 Å². The standard InChI is InChI=1S/C20H24N4O/c1-2-13-24-22-18(20(23-24)17-11-7-4-8-12-17)14-21-15-19(25)16-9-5-3-6-10-16/h3-12,19,21,25H,2,13-15H2,1H3/t19-/m0/s1. The summed E-state index contributed by atoms with van der Waals surface area (Å²) in [6.07, 6.45) is 0.453. The topological polar surface area (TPSA) is 63.0 Å². The van der Waals surface area contributed by atoms with Gasteiger partial charge in [0, 0.05) is 18.7 Å². The van der Waals surface area contributed by atoms with Gasteiger partial charge in [0.1, 0.15) is 11.4 Å². The minimum absolute atomic E-state index is 0.471. The summed E-state index contributed by atoms with van der Waals surface area (Å²) < 4.78 is 0. The number of benzene rings is 2. The maximum Gasteiger partial charge on any atom is 0.117 e. The monoisotopic (exact) mass is 336 g/mol. The first-order valence-corrected chi connectivity index (χ1v) is 8.71.